The molecule has 0 atom stereocenters. The standard InChI is InChI=1S/C7H16N2O2/c1-3-8-6-11-5-7(10)9-4-2/h8H,3-6H2,1-2H3,(H,9,10). The van der Waals surface area contributed by atoms with Gasteiger partial charge in [-0.2, -0.15) is 0 Å². The Balaban J connectivity index is 3.04. The Bertz CT molecular complexity index is 107. The van der Waals surface area contributed by atoms with Crippen molar-refractivity contribution in [1.82, 2.24) is 10.6 Å². The van der Waals surface area contributed by atoms with Crippen molar-refractivity contribution in [2.24, 2.45) is 0 Å². The minimum atomic E-state index is -0.0644. The van der Waals surface area contributed by atoms with E-state index in [4.69, 9.17) is 4.74 Å². The van der Waals surface area contributed by atoms with Crippen LogP contribution in [-0.2, 0) is 9.53 Å². The summed E-state index contributed by atoms with van der Waals surface area (Å²) in [6, 6.07) is 0. The third-order valence-electron chi connectivity index (χ3n) is 1.06. The van der Waals surface area contributed by atoms with E-state index in [0.29, 0.717) is 13.3 Å². The Morgan fingerprint density at radius 1 is 1.36 bits per heavy atom. The second kappa shape index (κ2) is 7.50. The van der Waals surface area contributed by atoms with Gasteiger partial charge >= 0.3 is 0 Å². The first-order valence-electron chi connectivity index (χ1n) is 3.86. The summed E-state index contributed by atoms with van der Waals surface area (Å²) < 4.78 is 4.97. The third-order valence-corrected chi connectivity index (χ3v) is 1.06. The maximum absolute atomic E-state index is 10.7. The van der Waals surface area contributed by atoms with Crippen LogP contribution in [0.3, 0.4) is 0 Å². The predicted molar refractivity (Wildman–Crippen MR) is 43.2 cm³/mol. The lowest BCUT2D eigenvalue weighted by Gasteiger charge is -2.03. The van der Waals surface area contributed by atoms with Gasteiger partial charge in [0.1, 0.15) is 6.61 Å². The molecule has 0 spiro atoms. The van der Waals surface area contributed by atoms with Gasteiger partial charge in [0.05, 0.1) is 6.73 Å². The van der Waals surface area contributed by atoms with Crippen molar-refractivity contribution >= 4 is 5.91 Å². The zero-order chi connectivity index (χ0) is 8.53. The lowest BCUT2D eigenvalue weighted by molar-refractivity contribution is -0.125. The van der Waals surface area contributed by atoms with Gasteiger partial charge < -0.3 is 10.1 Å². The highest BCUT2D eigenvalue weighted by atomic mass is 16.5. The first-order valence-corrected chi connectivity index (χ1v) is 3.86. The molecule has 0 unspecified atom stereocenters. The summed E-state index contributed by atoms with van der Waals surface area (Å²) in [6.07, 6.45) is 0. The van der Waals surface area contributed by atoms with Gasteiger partial charge in [-0.05, 0) is 13.5 Å². The number of hydrogen-bond acceptors (Lipinski definition) is 3. The summed E-state index contributed by atoms with van der Waals surface area (Å²) in [7, 11) is 0. The Kier molecular flexibility index (Phi) is 7.08. The molecule has 0 heterocycles. The van der Waals surface area contributed by atoms with Crippen LogP contribution in [0, 0.1) is 0 Å². The number of carbonyl (C=O) groups excluding carboxylic acids is 1. The van der Waals surface area contributed by atoms with Gasteiger partial charge in [0, 0.05) is 6.54 Å². The highest BCUT2D eigenvalue weighted by Gasteiger charge is 1.96. The van der Waals surface area contributed by atoms with E-state index in [1.54, 1.807) is 0 Å². The molecule has 0 radical (unpaired) electrons. The van der Waals surface area contributed by atoms with E-state index >= 15 is 0 Å². The summed E-state index contributed by atoms with van der Waals surface area (Å²) >= 11 is 0. The number of hydrogen-bond donors (Lipinski definition) is 2. The van der Waals surface area contributed by atoms with Crippen molar-refractivity contribution in [2.45, 2.75) is 13.8 Å². The Morgan fingerprint density at radius 2 is 2.09 bits per heavy atom. The van der Waals surface area contributed by atoms with Crippen LogP contribution in [0.15, 0.2) is 0 Å². The van der Waals surface area contributed by atoms with Crippen LogP contribution < -0.4 is 10.6 Å². The molecule has 4 heteroatoms. The van der Waals surface area contributed by atoms with Gasteiger partial charge in [-0.3, -0.25) is 10.1 Å². The molecule has 66 valence electrons. The highest BCUT2D eigenvalue weighted by molar-refractivity contribution is 5.77. The summed E-state index contributed by atoms with van der Waals surface area (Å²) in [5.74, 6) is -0.0644. The van der Waals surface area contributed by atoms with Crippen LogP contribution in [0.2, 0.25) is 0 Å². The van der Waals surface area contributed by atoms with Crippen molar-refractivity contribution in [2.75, 3.05) is 26.4 Å². The van der Waals surface area contributed by atoms with E-state index < -0.39 is 0 Å². The lowest BCUT2D eigenvalue weighted by Crippen LogP contribution is -2.29. The van der Waals surface area contributed by atoms with E-state index in [0.717, 1.165) is 6.54 Å². The number of nitrogens with one attached hydrogen (secondary N) is 2. The summed E-state index contributed by atoms with van der Waals surface area (Å²) in [6.45, 7) is 5.95. The quantitative estimate of drug-likeness (QED) is 0.414. The van der Waals surface area contributed by atoms with Gasteiger partial charge in [0.15, 0.2) is 0 Å². The third kappa shape index (κ3) is 7.29. The Morgan fingerprint density at radius 3 is 2.64 bits per heavy atom. The minimum Gasteiger partial charge on any atom is -0.356 e. The first kappa shape index (κ1) is 10.4. The summed E-state index contributed by atoms with van der Waals surface area (Å²) in [5.41, 5.74) is 0. The molecule has 4 nitrogen and oxygen atoms in total. The van der Waals surface area contributed by atoms with Crippen molar-refractivity contribution in [1.29, 1.82) is 0 Å². The molecule has 0 aromatic rings. The van der Waals surface area contributed by atoms with E-state index in [-0.39, 0.29) is 12.5 Å². The number of rotatable bonds is 6. The molecule has 0 saturated carbocycles. The van der Waals surface area contributed by atoms with Crippen molar-refractivity contribution in [3.63, 3.8) is 0 Å². The largest absolute Gasteiger partial charge is 0.356 e. The minimum absolute atomic E-state index is 0.0644. The second-order valence-electron chi connectivity index (χ2n) is 2.05. The maximum atomic E-state index is 10.7. The summed E-state index contributed by atoms with van der Waals surface area (Å²) in [5, 5.41) is 5.57. The predicted octanol–water partition coefficient (Wildman–Crippen LogP) is -0.294. The molecular formula is C7H16N2O2. The molecule has 11 heavy (non-hydrogen) atoms. The zero-order valence-electron chi connectivity index (χ0n) is 7.14. The normalized spacial score (nSPS) is 9.64. The molecular weight excluding hydrogens is 144 g/mol. The molecule has 0 rings (SSSR count). The second-order valence-corrected chi connectivity index (χ2v) is 2.05. The van der Waals surface area contributed by atoms with Crippen LogP contribution in [0.25, 0.3) is 0 Å². The van der Waals surface area contributed by atoms with Gasteiger partial charge in [-0.25, -0.2) is 0 Å². The fourth-order valence-electron chi connectivity index (χ4n) is 0.566. The molecule has 2 N–H and O–H groups in total. The van der Waals surface area contributed by atoms with E-state index in [9.17, 15) is 4.79 Å². The molecule has 0 fully saturated rings. The molecule has 0 bridgehead atoms. The van der Waals surface area contributed by atoms with Crippen molar-refractivity contribution < 1.29 is 9.53 Å². The SMILES string of the molecule is CCNCOCC(=O)NCC. The van der Waals surface area contributed by atoms with Crippen molar-refractivity contribution in [3.05, 3.63) is 0 Å². The van der Waals surface area contributed by atoms with E-state index in [2.05, 4.69) is 10.6 Å². The molecule has 0 aromatic carbocycles. The number of amides is 1. The smallest absolute Gasteiger partial charge is 0.246 e. The molecule has 0 aromatic heterocycles. The Hall–Kier alpha value is -0.610. The van der Waals surface area contributed by atoms with Crippen LogP contribution in [-0.4, -0.2) is 32.3 Å². The maximum Gasteiger partial charge on any atom is 0.246 e. The monoisotopic (exact) mass is 160 g/mol. The van der Waals surface area contributed by atoms with Crippen LogP contribution in [0.1, 0.15) is 13.8 Å². The van der Waals surface area contributed by atoms with Gasteiger partial charge in [-0.1, -0.05) is 6.92 Å². The topological polar surface area (TPSA) is 50.4 Å². The molecule has 0 saturated heterocycles. The van der Waals surface area contributed by atoms with Crippen molar-refractivity contribution in [3.8, 4) is 0 Å². The van der Waals surface area contributed by atoms with Gasteiger partial charge in [0.25, 0.3) is 0 Å². The number of ether oxygens (including phenoxy) is 1. The fraction of sp³-hybridized carbons (Fsp3) is 0.857. The number of carbonyl (C=O) groups is 1. The molecule has 0 aliphatic carbocycles. The highest BCUT2D eigenvalue weighted by Crippen LogP contribution is 1.71. The van der Waals surface area contributed by atoms with E-state index in [1.165, 1.54) is 0 Å². The first-order chi connectivity index (χ1) is 5.31. The average Bonchev–Trinajstić information content (AvgIpc) is 1.99. The summed E-state index contributed by atoms with van der Waals surface area (Å²) in [4.78, 5) is 10.7. The zero-order valence-corrected chi connectivity index (χ0v) is 7.14. The average molecular weight is 160 g/mol. The van der Waals surface area contributed by atoms with Crippen LogP contribution >= 0.6 is 0 Å². The van der Waals surface area contributed by atoms with Gasteiger partial charge in [-0.15, -0.1) is 0 Å². The molecule has 1 amide bonds. The lowest BCUT2D eigenvalue weighted by atomic mass is 10.6. The Labute approximate surface area is 67.3 Å². The molecule has 0 aliphatic heterocycles. The van der Waals surface area contributed by atoms with Gasteiger partial charge in [0.2, 0.25) is 5.91 Å². The van der Waals surface area contributed by atoms with E-state index in [1.807, 2.05) is 13.8 Å². The van der Waals surface area contributed by atoms with Crippen LogP contribution in [0.4, 0.5) is 0 Å². The van der Waals surface area contributed by atoms with Crippen LogP contribution in [0.5, 0.6) is 0 Å². The molecule has 0 aliphatic rings. The number of likely N-dealkylation sites (N-methyl/N-ethyl adjacent to an activating group) is 1. The fourth-order valence-corrected chi connectivity index (χ4v) is 0.566.